The number of nitrogens with one attached hydrogen (secondary N) is 1. The number of carbonyl (C=O) groups is 6. The van der Waals surface area contributed by atoms with Crippen molar-refractivity contribution < 1.29 is 39.0 Å². The molecule has 0 radical (unpaired) electrons. The average molecular weight is 794 g/mol. The van der Waals surface area contributed by atoms with Crippen molar-refractivity contribution in [3.8, 4) is 33.8 Å². The molecule has 4 aromatic rings. The van der Waals surface area contributed by atoms with Gasteiger partial charge in [0, 0.05) is 66.3 Å². The van der Waals surface area contributed by atoms with Crippen molar-refractivity contribution in [2.45, 2.75) is 70.4 Å². The van der Waals surface area contributed by atoms with Crippen molar-refractivity contribution >= 4 is 47.1 Å². The second kappa shape index (κ2) is 19.5. The van der Waals surface area contributed by atoms with Gasteiger partial charge in [0.2, 0.25) is 11.8 Å². The molecule has 0 aromatic heterocycles. The zero-order valence-corrected chi connectivity index (χ0v) is 32.8. The Bertz CT molecular complexity index is 2120. The molecule has 4 atom stereocenters. The lowest BCUT2D eigenvalue weighted by Gasteiger charge is -2.32. The summed E-state index contributed by atoms with van der Waals surface area (Å²) in [6, 6.07) is 21.2. The van der Waals surface area contributed by atoms with E-state index in [1.807, 2.05) is 24.3 Å². The lowest BCUT2D eigenvalue weighted by molar-refractivity contribution is -0.142. The number of aldehydes is 1. The Morgan fingerprint density at radius 3 is 2.18 bits per heavy atom. The first-order valence-corrected chi connectivity index (χ1v) is 19.5. The third-order valence-electron chi connectivity index (χ3n) is 10.5. The predicted octanol–water partition coefficient (Wildman–Crippen LogP) is 6.79. The summed E-state index contributed by atoms with van der Waals surface area (Å²) in [5.74, 6) is -4.27. The molecule has 4 aromatic carbocycles. The molecule has 2 amide bonds. The van der Waals surface area contributed by atoms with E-state index in [0.29, 0.717) is 53.8 Å². The number of amides is 2. The molecule has 57 heavy (non-hydrogen) atoms. The Balaban J connectivity index is 1.50. The summed E-state index contributed by atoms with van der Waals surface area (Å²) in [5.41, 5.74) is 9.30. The smallest absolute Gasteiger partial charge is 0.226 e. The van der Waals surface area contributed by atoms with Crippen LogP contribution in [-0.2, 0) is 30.4 Å². The molecular weight excluding hydrogens is 746 g/mol. The van der Waals surface area contributed by atoms with Gasteiger partial charge in [0.15, 0.2) is 17.3 Å². The average Bonchev–Trinajstić information content (AvgIpc) is 3.20. The maximum absolute atomic E-state index is 14.5. The molecule has 11 nitrogen and oxygen atoms in total. The SMILES string of the molecule is C[C@@H]1CC(=O)[C@@H](N(C)C(=O)[C@H](CCCCN)CC(=O)c2ccc(-c3ccc(Cl)cc3)cc2)c2ccc(O)c(c2)-c2cc(ccc2O)C[C@@H](C(=O)CCC=O)NC1=O. The number of Topliss-reactive ketones (excluding diaryl/α,β-unsaturated/α-hetero) is 3. The number of aromatic hydroxyl groups is 2. The first-order chi connectivity index (χ1) is 27.3. The minimum atomic E-state index is -1.25. The van der Waals surface area contributed by atoms with Gasteiger partial charge in [-0.05, 0) is 84.5 Å². The molecule has 0 unspecified atom stereocenters. The number of halogens is 1. The minimum Gasteiger partial charge on any atom is -0.507 e. The summed E-state index contributed by atoms with van der Waals surface area (Å²) in [7, 11) is 1.48. The number of ketones is 3. The van der Waals surface area contributed by atoms with E-state index in [4.69, 9.17) is 17.3 Å². The molecule has 0 saturated carbocycles. The fraction of sp³-hybridized carbons (Fsp3) is 0.333. The highest BCUT2D eigenvalue weighted by Gasteiger charge is 2.36. The van der Waals surface area contributed by atoms with E-state index in [-0.39, 0.29) is 66.3 Å². The normalized spacial score (nSPS) is 17.5. The Morgan fingerprint density at radius 2 is 1.53 bits per heavy atom. The van der Waals surface area contributed by atoms with E-state index in [1.165, 1.54) is 36.2 Å². The largest absolute Gasteiger partial charge is 0.507 e. The van der Waals surface area contributed by atoms with Crippen LogP contribution in [0.25, 0.3) is 22.3 Å². The summed E-state index contributed by atoms with van der Waals surface area (Å²) in [4.78, 5) is 81.8. The molecule has 4 bridgehead atoms. The number of carbonyl (C=O) groups excluding carboxylic acids is 6. The predicted molar refractivity (Wildman–Crippen MR) is 218 cm³/mol. The molecule has 12 heteroatoms. The van der Waals surface area contributed by atoms with Crippen molar-refractivity contribution in [3.05, 3.63) is 107 Å². The van der Waals surface area contributed by atoms with Crippen LogP contribution in [0.4, 0.5) is 0 Å². The molecule has 1 aliphatic heterocycles. The Hall–Kier alpha value is -5.65. The number of rotatable bonds is 14. The molecule has 0 aliphatic carbocycles. The van der Waals surface area contributed by atoms with Crippen molar-refractivity contribution in [1.82, 2.24) is 10.2 Å². The topological polar surface area (TPSA) is 184 Å². The lowest BCUT2D eigenvalue weighted by atomic mass is 9.87. The number of unbranched alkanes of at least 4 members (excludes halogenated alkanes) is 1. The first kappa shape index (κ1) is 42.5. The summed E-state index contributed by atoms with van der Waals surface area (Å²) >= 11 is 6.04. The minimum absolute atomic E-state index is 0.0296. The zero-order chi connectivity index (χ0) is 41.2. The number of hydrogen-bond acceptors (Lipinski definition) is 9. The Kier molecular flexibility index (Phi) is 14.5. The van der Waals surface area contributed by atoms with Gasteiger partial charge in [0.1, 0.15) is 23.8 Å². The third-order valence-corrected chi connectivity index (χ3v) is 10.8. The van der Waals surface area contributed by atoms with Crippen LogP contribution in [0.3, 0.4) is 0 Å². The van der Waals surface area contributed by atoms with Crippen LogP contribution in [-0.4, -0.2) is 70.2 Å². The van der Waals surface area contributed by atoms with Crippen LogP contribution < -0.4 is 11.1 Å². The summed E-state index contributed by atoms with van der Waals surface area (Å²) in [6.07, 6.45) is 1.59. The monoisotopic (exact) mass is 793 g/mol. The number of fused-ring (bicyclic) bond motifs is 5. The second-order valence-electron chi connectivity index (χ2n) is 14.7. The van der Waals surface area contributed by atoms with Gasteiger partial charge in [-0.2, -0.15) is 0 Å². The summed E-state index contributed by atoms with van der Waals surface area (Å²) in [6.45, 7) is 1.95. The van der Waals surface area contributed by atoms with E-state index in [0.717, 1.165) is 11.1 Å². The highest BCUT2D eigenvalue weighted by molar-refractivity contribution is 6.30. The fourth-order valence-corrected chi connectivity index (χ4v) is 7.39. The van der Waals surface area contributed by atoms with Gasteiger partial charge < -0.3 is 31.0 Å². The number of nitrogens with two attached hydrogens (primary N) is 1. The van der Waals surface area contributed by atoms with Gasteiger partial charge in [-0.1, -0.05) is 73.5 Å². The number of phenolic OH excluding ortho intramolecular Hbond substituents is 2. The van der Waals surface area contributed by atoms with Crippen molar-refractivity contribution in [2.24, 2.45) is 17.6 Å². The molecule has 0 spiro atoms. The molecule has 1 heterocycles. The van der Waals surface area contributed by atoms with E-state index < -0.39 is 41.5 Å². The van der Waals surface area contributed by atoms with Crippen LogP contribution in [0.15, 0.2) is 84.9 Å². The van der Waals surface area contributed by atoms with Gasteiger partial charge in [0.25, 0.3) is 0 Å². The van der Waals surface area contributed by atoms with Crippen molar-refractivity contribution in [1.29, 1.82) is 0 Å². The Morgan fingerprint density at radius 1 is 0.895 bits per heavy atom. The van der Waals surface area contributed by atoms with E-state index in [9.17, 15) is 39.0 Å². The van der Waals surface area contributed by atoms with Crippen molar-refractivity contribution in [2.75, 3.05) is 13.6 Å². The molecule has 1 aliphatic rings. The first-order valence-electron chi connectivity index (χ1n) is 19.1. The van der Waals surface area contributed by atoms with Gasteiger partial charge >= 0.3 is 0 Å². The van der Waals surface area contributed by atoms with Crippen molar-refractivity contribution in [3.63, 3.8) is 0 Å². The number of benzene rings is 4. The van der Waals surface area contributed by atoms with Gasteiger partial charge in [-0.15, -0.1) is 0 Å². The van der Waals surface area contributed by atoms with Crippen LogP contribution in [0, 0.1) is 11.8 Å². The number of hydrogen-bond donors (Lipinski definition) is 4. The number of likely N-dealkylation sites (N-methyl/N-ethyl adjacent to an activating group) is 1. The maximum Gasteiger partial charge on any atom is 0.226 e. The van der Waals surface area contributed by atoms with Gasteiger partial charge in [0.05, 0.1) is 6.04 Å². The number of phenols is 2. The number of nitrogens with zero attached hydrogens (tertiary/aromatic N) is 1. The van der Waals surface area contributed by atoms with E-state index >= 15 is 0 Å². The quantitative estimate of drug-likeness (QED) is 0.0607. The highest BCUT2D eigenvalue weighted by Crippen LogP contribution is 2.40. The lowest BCUT2D eigenvalue weighted by Crippen LogP contribution is -2.45. The molecule has 5 rings (SSSR count). The zero-order valence-electron chi connectivity index (χ0n) is 32.1. The maximum atomic E-state index is 14.5. The van der Waals surface area contributed by atoms with E-state index in [1.54, 1.807) is 43.3 Å². The van der Waals surface area contributed by atoms with Gasteiger partial charge in [-0.25, -0.2) is 0 Å². The highest BCUT2D eigenvalue weighted by atomic mass is 35.5. The summed E-state index contributed by atoms with van der Waals surface area (Å²) in [5, 5.41) is 25.4. The van der Waals surface area contributed by atoms with Crippen LogP contribution >= 0.6 is 11.6 Å². The van der Waals surface area contributed by atoms with Crippen LogP contribution in [0.5, 0.6) is 11.5 Å². The third kappa shape index (κ3) is 10.6. The van der Waals surface area contributed by atoms with Crippen LogP contribution in [0.2, 0.25) is 5.02 Å². The molecular formula is C45H48ClN3O8. The molecule has 5 N–H and O–H groups in total. The molecule has 0 saturated heterocycles. The Labute approximate surface area is 337 Å². The fourth-order valence-electron chi connectivity index (χ4n) is 7.26. The molecule has 298 valence electrons. The summed E-state index contributed by atoms with van der Waals surface area (Å²) < 4.78 is 0. The van der Waals surface area contributed by atoms with Crippen LogP contribution in [0.1, 0.15) is 79.4 Å². The standard InChI is InChI=1S/C45H48ClN3O8/c1-27-22-42(55)43(32-15-19-39(52)36(25-32)35-23-28(8-18-38(35)51)24-37(48-44(27)56)40(53)7-5-21-50)49(2)45(57)33(6-3-4-20-47)26-41(54)31-11-9-29(10-12-31)30-13-16-34(46)17-14-30/h8-19,21,23,25,27,33,37,43,51-52H,3-7,20,22,24,26,47H2,1-2H3,(H,48,56)/t27-,33-,37+,43+/m1/s1. The second-order valence-corrected chi connectivity index (χ2v) is 15.1. The van der Waals surface area contributed by atoms with E-state index in [2.05, 4.69) is 5.32 Å². The van der Waals surface area contributed by atoms with Gasteiger partial charge in [-0.3, -0.25) is 24.0 Å². The molecule has 0 fully saturated rings.